The van der Waals surface area contributed by atoms with Gasteiger partial charge in [-0.25, -0.2) is 0 Å². The highest BCUT2D eigenvalue weighted by Crippen LogP contribution is 2.21. The van der Waals surface area contributed by atoms with Gasteiger partial charge in [-0.1, -0.05) is 13.3 Å². The summed E-state index contributed by atoms with van der Waals surface area (Å²) in [6, 6.07) is 1.31. The number of ketones is 1. The molecule has 1 aromatic heterocycles. The third-order valence-electron chi connectivity index (χ3n) is 3.61. The maximum absolute atomic E-state index is 12.0. The van der Waals surface area contributed by atoms with Crippen LogP contribution in [0.3, 0.4) is 0 Å². The first kappa shape index (κ1) is 13.7. The van der Waals surface area contributed by atoms with E-state index in [4.69, 9.17) is 0 Å². The second-order valence-electron chi connectivity index (χ2n) is 5.13. The minimum absolute atomic E-state index is 0.0615. The number of aromatic amines is 1. The largest absolute Gasteiger partial charge is 0.353 e. The van der Waals surface area contributed by atoms with E-state index >= 15 is 0 Å². The van der Waals surface area contributed by atoms with Crippen LogP contribution in [-0.4, -0.2) is 40.2 Å². The van der Waals surface area contributed by atoms with Gasteiger partial charge in [-0.05, 0) is 25.3 Å². The topological polar surface area (TPSA) is 79.2 Å². The molecule has 6 nitrogen and oxygen atoms in total. The monoisotopic (exact) mass is 265 g/mol. The van der Waals surface area contributed by atoms with E-state index < -0.39 is 4.92 Å². The normalized spacial score (nSPS) is 19.7. The van der Waals surface area contributed by atoms with Crippen molar-refractivity contribution in [2.45, 2.75) is 26.2 Å². The van der Waals surface area contributed by atoms with Gasteiger partial charge in [0.1, 0.15) is 0 Å². The molecule has 6 heteroatoms. The summed E-state index contributed by atoms with van der Waals surface area (Å²) >= 11 is 0. The minimum atomic E-state index is -0.500. The van der Waals surface area contributed by atoms with Gasteiger partial charge in [0.25, 0.3) is 5.69 Å². The number of nitro groups is 1. The molecule has 1 fully saturated rings. The maximum Gasteiger partial charge on any atom is 0.287 e. The molecular weight excluding hydrogens is 246 g/mol. The summed E-state index contributed by atoms with van der Waals surface area (Å²) in [6.07, 6.45) is 4.79. The fraction of sp³-hybridized carbons (Fsp3) is 0.615. The van der Waals surface area contributed by atoms with E-state index in [2.05, 4.69) is 16.8 Å². The summed E-state index contributed by atoms with van der Waals surface area (Å²) in [7, 11) is 0. The molecule has 0 aliphatic carbocycles. The summed E-state index contributed by atoms with van der Waals surface area (Å²) in [5, 5.41) is 10.6. The molecular formula is C13H19N3O3. The van der Waals surface area contributed by atoms with E-state index in [-0.39, 0.29) is 11.5 Å². The van der Waals surface area contributed by atoms with Gasteiger partial charge in [0.05, 0.1) is 23.4 Å². The van der Waals surface area contributed by atoms with E-state index in [1.54, 1.807) is 0 Å². The zero-order valence-corrected chi connectivity index (χ0v) is 11.1. The molecule has 1 aromatic rings. The van der Waals surface area contributed by atoms with Crippen molar-refractivity contribution in [3.63, 3.8) is 0 Å². The first-order chi connectivity index (χ1) is 9.10. The van der Waals surface area contributed by atoms with Crippen molar-refractivity contribution in [2.24, 2.45) is 5.92 Å². The quantitative estimate of drug-likeness (QED) is 0.486. The van der Waals surface area contributed by atoms with Crippen molar-refractivity contribution in [3.8, 4) is 0 Å². The van der Waals surface area contributed by atoms with Gasteiger partial charge in [0, 0.05) is 12.6 Å². The van der Waals surface area contributed by atoms with Crippen LogP contribution >= 0.6 is 0 Å². The molecule has 0 amide bonds. The summed E-state index contributed by atoms with van der Waals surface area (Å²) in [5.74, 6) is 0.612. The summed E-state index contributed by atoms with van der Waals surface area (Å²) in [6.45, 7) is 4.42. The van der Waals surface area contributed by atoms with E-state index in [1.165, 1.54) is 25.1 Å². The van der Waals surface area contributed by atoms with Gasteiger partial charge < -0.3 is 4.98 Å². The van der Waals surface area contributed by atoms with Crippen LogP contribution in [-0.2, 0) is 0 Å². The Morgan fingerprint density at radius 2 is 2.42 bits per heavy atom. The van der Waals surface area contributed by atoms with Crippen molar-refractivity contribution >= 4 is 11.5 Å². The van der Waals surface area contributed by atoms with Crippen LogP contribution in [0.5, 0.6) is 0 Å². The number of likely N-dealkylation sites (tertiary alicyclic amines) is 1. The second-order valence-corrected chi connectivity index (χ2v) is 5.13. The number of carbonyl (C=O) groups is 1. The maximum atomic E-state index is 12.0. The Bertz CT molecular complexity index is 469. The molecule has 1 saturated heterocycles. The molecule has 0 spiro atoms. The number of hydrogen-bond donors (Lipinski definition) is 1. The van der Waals surface area contributed by atoms with Gasteiger partial charge in [-0.2, -0.15) is 0 Å². The lowest BCUT2D eigenvalue weighted by molar-refractivity contribution is -0.384. The van der Waals surface area contributed by atoms with Crippen LogP contribution in [0.2, 0.25) is 0 Å². The molecule has 0 bridgehead atoms. The number of hydrogen-bond acceptors (Lipinski definition) is 4. The molecule has 0 saturated carbocycles. The van der Waals surface area contributed by atoms with Crippen LogP contribution in [0.1, 0.15) is 36.7 Å². The van der Waals surface area contributed by atoms with Crippen molar-refractivity contribution in [1.82, 2.24) is 9.88 Å². The smallest absolute Gasteiger partial charge is 0.287 e. The SMILES string of the molecule is CCCC1CCN(CC(=O)c2cc([N+](=O)[O-])c[nH]2)C1. The fourth-order valence-electron chi connectivity index (χ4n) is 2.64. The highest BCUT2D eigenvalue weighted by Gasteiger charge is 2.24. The molecule has 1 aliphatic rings. The van der Waals surface area contributed by atoms with Crippen molar-refractivity contribution in [1.29, 1.82) is 0 Å². The predicted molar refractivity (Wildman–Crippen MR) is 71.2 cm³/mol. The Hall–Kier alpha value is -1.69. The van der Waals surface area contributed by atoms with Crippen LogP contribution in [0, 0.1) is 16.0 Å². The van der Waals surface area contributed by atoms with E-state index in [9.17, 15) is 14.9 Å². The Balaban J connectivity index is 1.89. The molecule has 1 atom stereocenters. The second kappa shape index (κ2) is 5.97. The third-order valence-corrected chi connectivity index (χ3v) is 3.61. The third kappa shape index (κ3) is 3.41. The molecule has 1 unspecified atom stereocenters. The summed E-state index contributed by atoms with van der Waals surface area (Å²) in [4.78, 5) is 26.9. The summed E-state index contributed by atoms with van der Waals surface area (Å²) in [5.41, 5.74) is 0.263. The van der Waals surface area contributed by atoms with Crippen LogP contribution < -0.4 is 0 Å². The zero-order chi connectivity index (χ0) is 13.8. The zero-order valence-electron chi connectivity index (χ0n) is 11.1. The standard InChI is InChI=1S/C13H19N3O3/c1-2-3-10-4-5-15(8-10)9-13(17)12-6-11(7-14-12)16(18)19/h6-7,10,14H,2-5,8-9H2,1H3. The summed E-state index contributed by atoms with van der Waals surface area (Å²) < 4.78 is 0. The Kier molecular flexibility index (Phi) is 4.31. The highest BCUT2D eigenvalue weighted by molar-refractivity contribution is 5.96. The molecule has 2 rings (SSSR count). The van der Waals surface area contributed by atoms with Crippen molar-refractivity contribution in [2.75, 3.05) is 19.6 Å². The molecule has 104 valence electrons. The van der Waals surface area contributed by atoms with E-state index in [1.807, 2.05) is 0 Å². The molecule has 2 heterocycles. The average molecular weight is 265 g/mol. The Morgan fingerprint density at radius 1 is 1.63 bits per heavy atom. The molecule has 0 radical (unpaired) electrons. The number of H-pyrrole nitrogens is 1. The van der Waals surface area contributed by atoms with Gasteiger partial charge in [-0.3, -0.25) is 19.8 Å². The molecule has 1 aliphatic heterocycles. The first-order valence-corrected chi connectivity index (χ1v) is 6.68. The lowest BCUT2D eigenvalue weighted by atomic mass is 10.0. The van der Waals surface area contributed by atoms with Gasteiger partial charge in [-0.15, -0.1) is 0 Å². The molecule has 1 N–H and O–H groups in total. The van der Waals surface area contributed by atoms with Crippen molar-refractivity contribution < 1.29 is 9.72 Å². The number of nitrogens with zero attached hydrogens (tertiary/aromatic N) is 2. The van der Waals surface area contributed by atoms with Crippen LogP contribution in [0.4, 0.5) is 5.69 Å². The average Bonchev–Trinajstić information content (AvgIpc) is 2.98. The van der Waals surface area contributed by atoms with E-state index in [0.717, 1.165) is 19.5 Å². The minimum Gasteiger partial charge on any atom is -0.353 e. The molecule has 0 aromatic carbocycles. The van der Waals surface area contributed by atoms with Crippen LogP contribution in [0.25, 0.3) is 0 Å². The number of aromatic nitrogens is 1. The Labute approximate surface area is 111 Å². The Morgan fingerprint density at radius 3 is 3.05 bits per heavy atom. The predicted octanol–water partition coefficient (Wildman–Crippen LogP) is 2.23. The molecule has 19 heavy (non-hydrogen) atoms. The fourth-order valence-corrected chi connectivity index (χ4v) is 2.64. The van der Waals surface area contributed by atoms with Gasteiger partial charge >= 0.3 is 0 Å². The number of Topliss-reactive ketones (excluding diaryl/α,β-unsaturated/α-hetero) is 1. The van der Waals surface area contributed by atoms with Gasteiger partial charge in [0.15, 0.2) is 5.78 Å². The highest BCUT2D eigenvalue weighted by atomic mass is 16.6. The van der Waals surface area contributed by atoms with Crippen molar-refractivity contribution in [3.05, 3.63) is 28.1 Å². The lowest BCUT2D eigenvalue weighted by Crippen LogP contribution is -2.28. The number of carbonyl (C=O) groups excluding carboxylic acids is 1. The van der Waals surface area contributed by atoms with E-state index in [0.29, 0.717) is 18.2 Å². The number of nitrogens with one attached hydrogen (secondary N) is 1. The number of rotatable bonds is 6. The first-order valence-electron chi connectivity index (χ1n) is 6.68. The van der Waals surface area contributed by atoms with Crippen LogP contribution in [0.15, 0.2) is 12.3 Å². The lowest BCUT2D eigenvalue weighted by Gasteiger charge is -2.14. The van der Waals surface area contributed by atoms with Gasteiger partial charge in [0.2, 0.25) is 0 Å².